The fraction of sp³-hybridized carbons (Fsp3) is 0. The number of carbonyl (C=O) groups excluding carboxylic acids is 3. The number of amides is 4. The summed E-state index contributed by atoms with van der Waals surface area (Å²) in [5.41, 5.74) is -0.132. The molecule has 1 aliphatic rings. The summed E-state index contributed by atoms with van der Waals surface area (Å²) >= 11 is 5.83. The minimum atomic E-state index is -0.896. The molecule has 1 saturated heterocycles. The van der Waals surface area contributed by atoms with Crippen molar-refractivity contribution in [2.75, 3.05) is 4.90 Å². The summed E-state index contributed by atoms with van der Waals surface area (Å²) < 4.78 is 5.40. The molecule has 0 spiro atoms. The zero-order valence-corrected chi connectivity index (χ0v) is 14.9. The molecule has 7 nitrogen and oxygen atoms in total. The second-order valence-electron chi connectivity index (χ2n) is 5.95. The molecule has 138 valence electrons. The molecule has 1 aromatic heterocycles. The Morgan fingerprint density at radius 2 is 1.68 bits per heavy atom. The molecule has 3 aromatic rings. The maximum absolute atomic E-state index is 12.8. The minimum Gasteiger partial charge on any atom is -0.463 e. The second kappa shape index (κ2) is 6.79. The lowest BCUT2D eigenvalue weighted by Crippen LogP contribution is -2.54. The van der Waals surface area contributed by atoms with E-state index < -0.39 is 23.3 Å². The van der Waals surface area contributed by atoms with Crippen LogP contribution >= 0.6 is 11.6 Å². The number of barbiturate groups is 1. The maximum Gasteiger partial charge on any atom is 0.335 e. The van der Waals surface area contributed by atoms with Crippen LogP contribution < -0.4 is 15.6 Å². The summed E-state index contributed by atoms with van der Waals surface area (Å²) in [5, 5.41) is 2.83. The normalized spacial score (nSPS) is 16.0. The summed E-state index contributed by atoms with van der Waals surface area (Å²) in [7, 11) is 0. The van der Waals surface area contributed by atoms with Crippen LogP contribution in [0.25, 0.3) is 17.0 Å². The predicted octanol–water partition coefficient (Wildman–Crippen LogP) is 3.11. The number of imide groups is 2. The Morgan fingerprint density at radius 3 is 2.43 bits per heavy atom. The quantitative estimate of drug-likeness (QED) is 0.532. The molecule has 2 heterocycles. The van der Waals surface area contributed by atoms with Crippen LogP contribution in [0.2, 0.25) is 5.02 Å². The molecule has 2 aromatic carbocycles. The van der Waals surface area contributed by atoms with Crippen molar-refractivity contribution in [3.8, 4) is 0 Å². The highest BCUT2D eigenvalue weighted by atomic mass is 35.5. The number of hydrogen-bond donors (Lipinski definition) is 1. The third kappa shape index (κ3) is 2.97. The van der Waals surface area contributed by atoms with E-state index >= 15 is 0 Å². The Bertz CT molecular complexity index is 1230. The second-order valence-corrected chi connectivity index (χ2v) is 6.39. The predicted molar refractivity (Wildman–Crippen MR) is 103 cm³/mol. The number of nitrogens with zero attached hydrogens (tertiary/aromatic N) is 1. The van der Waals surface area contributed by atoms with Gasteiger partial charge in [0.15, 0.2) is 5.43 Å². The van der Waals surface area contributed by atoms with Gasteiger partial charge in [0.05, 0.1) is 16.6 Å². The van der Waals surface area contributed by atoms with Crippen molar-refractivity contribution in [2.24, 2.45) is 0 Å². The molecule has 1 N–H and O–H groups in total. The van der Waals surface area contributed by atoms with E-state index in [1.165, 1.54) is 30.5 Å². The first kappa shape index (κ1) is 17.7. The average Bonchev–Trinajstić information content (AvgIpc) is 2.68. The molecule has 0 aliphatic carbocycles. The van der Waals surface area contributed by atoms with E-state index in [0.717, 1.165) is 11.0 Å². The van der Waals surface area contributed by atoms with Crippen molar-refractivity contribution in [2.45, 2.75) is 0 Å². The van der Waals surface area contributed by atoms with Gasteiger partial charge in [0, 0.05) is 5.02 Å². The van der Waals surface area contributed by atoms with Gasteiger partial charge in [0.1, 0.15) is 17.4 Å². The van der Waals surface area contributed by atoms with E-state index in [1.807, 2.05) is 0 Å². The van der Waals surface area contributed by atoms with Crippen molar-refractivity contribution in [1.29, 1.82) is 0 Å². The van der Waals surface area contributed by atoms with Gasteiger partial charge in [-0.2, -0.15) is 0 Å². The number of para-hydroxylation sites is 1. The van der Waals surface area contributed by atoms with E-state index in [2.05, 4.69) is 5.32 Å². The molecule has 4 amide bonds. The lowest BCUT2D eigenvalue weighted by atomic mass is 10.1. The summed E-state index contributed by atoms with van der Waals surface area (Å²) in [4.78, 5) is 50.6. The summed E-state index contributed by atoms with van der Waals surface area (Å²) in [6, 6.07) is 11.7. The van der Waals surface area contributed by atoms with Gasteiger partial charge in [-0.25, -0.2) is 9.69 Å². The molecular formula is C20H11ClN2O5. The number of anilines is 1. The fourth-order valence-electron chi connectivity index (χ4n) is 2.83. The van der Waals surface area contributed by atoms with Crippen LogP contribution in [-0.4, -0.2) is 17.8 Å². The SMILES string of the molecule is O=C1NC(=O)N(c2ccc(Cl)cc2)C(=O)/C1=C\c1coc2ccccc2c1=O. The van der Waals surface area contributed by atoms with Gasteiger partial charge in [-0.05, 0) is 42.5 Å². The molecule has 0 saturated carbocycles. The molecule has 1 fully saturated rings. The first-order chi connectivity index (χ1) is 13.5. The molecule has 0 bridgehead atoms. The number of carbonyl (C=O) groups is 3. The zero-order valence-electron chi connectivity index (χ0n) is 14.1. The monoisotopic (exact) mass is 394 g/mol. The number of fused-ring (bicyclic) bond motifs is 1. The van der Waals surface area contributed by atoms with Crippen LogP contribution in [0.4, 0.5) is 10.5 Å². The molecule has 0 radical (unpaired) electrons. The van der Waals surface area contributed by atoms with Gasteiger partial charge in [-0.15, -0.1) is 0 Å². The third-order valence-corrected chi connectivity index (χ3v) is 4.45. The summed E-state index contributed by atoms with van der Waals surface area (Å²) in [6.45, 7) is 0. The number of rotatable bonds is 2. The van der Waals surface area contributed by atoms with Crippen LogP contribution in [0.15, 0.2) is 69.6 Å². The largest absolute Gasteiger partial charge is 0.463 e. The van der Waals surface area contributed by atoms with Crippen molar-refractivity contribution in [1.82, 2.24) is 5.32 Å². The highest BCUT2D eigenvalue weighted by Crippen LogP contribution is 2.23. The minimum absolute atomic E-state index is 0.0163. The summed E-state index contributed by atoms with van der Waals surface area (Å²) in [5.74, 6) is -1.75. The van der Waals surface area contributed by atoms with Gasteiger partial charge in [0.25, 0.3) is 11.8 Å². The van der Waals surface area contributed by atoms with Crippen molar-refractivity contribution < 1.29 is 18.8 Å². The van der Waals surface area contributed by atoms with E-state index in [1.54, 1.807) is 24.3 Å². The first-order valence-corrected chi connectivity index (χ1v) is 8.51. The third-order valence-electron chi connectivity index (χ3n) is 4.19. The average molecular weight is 395 g/mol. The van der Waals surface area contributed by atoms with Gasteiger partial charge >= 0.3 is 6.03 Å². The standard InChI is InChI=1S/C20H11ClN2O5/c21-12-5-7-13(8-6-12)23-19(26)15(18(25)22-20(23)27)9-11-10-28-16-4-2-1-3-14(16)17(11)24/h1-10H,(H,22,25,27)/b15-9-. The number of benzene rings is 2. The van der Waals surface area contributed by atoms with Crippen LogP contribution in [0.3, 0.4) is 0 Å². The van der Waals surface area contributed by atoms with Crippen LogP contribution in [0.1, 0.15) is 5.56 Å². The van der Waals surface area contributed by atoms with Crippen LogP contribution in [0.5, 0.6) is 0 Å². The fourth-order valence-corrected chi connectivity index (χ4v) is 2.96. The lowest BCUT2D eigenvalue weighted by molar-refractivity contribution is -0.122. The Balaban J connectivity index is 1.80. The molecule has 8 heteroatoms. The molecule has 1 aliphatic heterocycles. The summed E-state index contributed by atoms with van der Waals surface area (Å²) in [6.07, 6.45) is 2.28. The van der Waals surface area contributed by atoms with E-state index in [4.69, 9.17) is 16.0 Å². The number of nitrogens with one attached hydrogen (secondary N) is 1. The lowest BCUT2D eigenvalue weighted by Gasteiger charge is -2.26. The number of hydrogen-bond acceptors (Lipinski definition) is 5. The van der Waals surface area contributed by atoms with E-state index in [0.29, 0.717) is 16.0 Å². The van der Waals surface area contributed by atoms with Gasteiger partial charge < -0.3 is 4.42 Å². The Hall–Kier alpha value is -3.71. The van der Waals surface area contributed by atoms with Crippen molar-refractivity contribution in [3.63, 3.8) is 0 Å². The molecule has 0 atom stereocenters. The Morgan fingerprint density at radius 1 is 0.964 bits per heavy atom. The van der Waals surface area contributed by atoms with Gasteiger partial charge in [-0.1, -0.05) is 23.7 Å². The zero-order chi connectivity index (χ0) is 19.8. The number of halogens is 1. The van der Waals surface area contributed by atoms with Crippen molar-refractivity contribution in [3.05, 3.63) is 81.2 Å². The molecule has 4 rings (SSSR count). The Kier molecular flexibility index (Phi) is 4.29. The highest BCUT2D eigenvalue weighted by molar-refractivity contribution is 6.39. The van der Waals surface area contributed by atoms with Crippen LogP contribution in [0, 0.1) is 0 Å². The topological polar surface area (TPSA) is 96.7 Å². The van der Waals surface area contributed by atoms with E-state index in [-0.39, 0.29) is 16.8 Å². The molecule has 28 heavy (non-hydrogen) atoms. The maximum atomic E-state index is 12.8. The van der Waals surface area contributed by atoms with Gasteiger partial charge in [0.2, 0.25) is 0 Å². The number of urea groups is 1. The first-order valence-electron chi connectivity index (χ1n) is 8.13. The molecular weight excluding hydrogens is 384 g/mol. The van der Waals surface area contributed by atoms with Crippen molar-refractivity contribution >= 4 is 52.2 Å². The molecule has 0 unspecified atom stereocenters. The smallest absolute Gasteiger partial charge is 0.335 e. The van der Waals surface area contributed by atoms with Crippen LogP contribution in [-0.2, 0) is 9.59 Å². The van der Waals surface area contributed by atoms with Gasteiger partial charge in [-0.3, -0.25) is 19.7 Å². The van der Waals surface area contributed by atoms with E-state index in [9.17, 15) is 19.2 Å². The highest BCUT2D eigenvalue weighted by Gasteiger charge is 2.37. The Labute approximate surface area is 162 Å².